The van der Waals surface area contributed by atoms with E-state index in [4.69, 9.17) is 9.72 Å². The van der Waals surface area contributed by atoms with Gasteiger partial charge in [0.05, 0.1) is 22.2 Å². The minimum Gasteiger partial charge on any atom is -0.376 e. The molecule has 2 aromatic heterocycles. The summed E-state index contributed by atoms with van der Waals surface area (Å²) in [6.07, 6.45) is 3.98. The van der Waals surface area contributed by atoms with Gasteiger partial charge in [0, 0.05) is 31.0 Å². The first kappa shape index (κ1) is 22.0. The standard InChI is InChI=1S/C26H32N2O2S/c1-4-19(5-2)26(29)28(17-22-8-6-12-30-22)16-21-15-20-11-10-18(3)14-23(20)27-25(21)24-9-7-13-31-24/h7,9-11,13-15,19,22H,4-6,8,12,16-17H2,1-3H3. The fourth-order valence-electron chi connectivity index (χ4n) is 4.44. The van der Waals surface area contributed by atoms with Crippen molar-refractivity contribution in [3.8, 4) is 10.6 Å². The van der Waals surface area contributed by atoms with Gasteiger partial charge in [-0.05, 0) is 67.3 Å². The Morgan fingerprint density at radius 1 is 1.26 bits per heavy atom. The molecule has 1 fully saturated rings. The van der Waals surface area contributed by atoms with Crippen molar-refractivity contribution in [1.29, 1.82) is 0 Å². The van der Waals surface area contributed by atoms with Gasteiger partial charge in [-0.3, -0.25) is 4.79 Å². The molecule has 1 aromatic carbocycles. The van der Waals surface area contributed by atoms with E-state index in [1.165, 1.54) is 5.56 Å². The number of rotatable bonds is 8. The van der Waals surface area contributed by atoms with Crippen LogP contribution in [0.3, 0.4) is 0 Å². The maximum Gasteiger partial charge on any atom is 0.226 e. The number of hydrogen-bond acceptors (Lipinski definition) is 4. The molecule has 1 amide bonds. The van der Waals surface area contributed by atoms with E-state index < -0.39 is 0 Å². The zero-order valence-corrected chi connectivity index (χ0v) is 19.6. The van der Waals surface area contributed by atoms with E-state index >= 15 is 0 Å². The third-order valence-corrected chi connectivity index (χ3v) is 7.14. The lowest BCUT2D eigenvalue weighted by atomic mass is 10.00. The Balaban J connectivity index is 1.73. The summed E-state index contributed by atoms with van der Waals surface area (Å²) in [7, 11) is 0. The number of benzene rings is 1. The number of thiophene rings is 1. The topological polar surface area (TPSA) is 42.4 Å². The minimum atomic E-state index is 0.0580. The van der Waals surface area contributed by atoms with E-state index in [2.05, 4.69) is 62.5 Å². The average Bonchev–Trinajstić information content (AvgIpc) is 3.48. The number of carbonyl (C=O) groups is 1. The maximum absolute atomic E-state index is 13.5. The molecule has 1 aliphatic rings. The van der Waals surface area contributed by atoms with Crippen LogP contribution in [0.5, 0.6) is 0 Å². The average molecular weight is 437 g/mol. The zero-order valence-electron chi connectivity index (χ0n) is 18.8. The van der Waals surface area contributed by atoms with Gasteiger partial charge in [0.15, 0.2) is 0 Å². The van der Waals surface area contributed by atoms with Crippen molar-refractivity contribution in [2.24, 2.45) is 5.92 Å². The molecule has 31 heavy (non-hydrogen) atoms. The summed E-state index contributed by atoms with van der Waals surface area (Å²) in [5, 5.41) is 3.20. The Kier molecular flexibility index (Phi) is 7.03. The monoisotopic (exact) mass is 436 g/mol. The van der Waals surface area contributed by atoms with Crippen LogP contribution in [0.25, 0.3) is 21.5 Å². The first-order valence-corrected chi connectivity index (χ1v) is 12.3. The van der Waals surface area contributed by atoms with E-state index in [0.717, 1.165) is 59.3 Å². The van der Waals surface area contributed by atoms with Crippen molar-refractivity contribution in [2.45, 2.75) is 59.1 Å². The predicted molar refractivity (Wildman–Crippen MR) is 128 cm³/mol. The predicted octanol–water partition coefficient (Wildman–Crippen LogP) is 6.22. The van der Waals surface area contributed by atoms with Gasteiger partial charge in [0.1, 0.15) is 0 Å². The molecule has 0 N–H and O–H groups in total. The number of hydrogen-bond donors (Lipinski definition) is 0. The van der Waals surface area contributed by atoms with Crippen LogP contribution in [-0.4, -0.2) is 35.0 Å². The summed E-state index contributed by atoms with van der Waals surface area (Å²) in [5.74, 6) is 0.296. The maximum atomic E-state index is 13.5. The first-order valence-electron chi connectivity index (χ1n) is 11.4. The molecule has 0 aliphatic carbocycles. The van der Waals surface area contributed by atoms with Crippen molar-refractivity contribution < 1.29 is 9.53 Å². The van der Waals surface area contributed by atoms with Crippen molar-refractivity contribution in [2.75, 3.05) is 13.2 Å². The van der Waals surface area contributed by atoms with Crippen molar-refractivity contribution in [1.82, 2.24) is 9.88 Å². The third kappa shape index (κ3) is 4.99. The number of carbonyl (C=O) groups excluding carboxylic acids is 1. The number of aryl methyl sites for hydroxylation is 1. The SMILES string of the molecule is CCC(CC)C(=O)N(Cc1cc2ccc(C)cc2nc1-c1cccs1)CC1CCCO1. The lowest BCUT2D eigenvalue weighted by molar-refractivity contribution is -0.138. The summed E-state index contributed by atoms with van der Waals surface area (Å²) < 4.78 is 5.90. The number of ether oxygens (including phenoxy) is 1. The second-order valence-corrected chi connectivity index (χ2v) is 9.48. The van der Waals surface area contributed by atoms with Gasteiger partial charge in [-0.1, -0.05) is 32.0 Å². The molecule has 164 valence electrons. The normalized spacial score (nSPS) is 16.3. The van der Waals surface area contributed by atoms with Crippen LogP contribution in [0.15, 0.2) is 41.8 Å². The second-order valence-electron chi connectivity index (χ2n) is 8.54. The fraction of sp³-hybridized carbons (Fsp3) is 0.462. The molecule has 4 rings (SSSR count). The number of fused-ring (bicyclic) bond motifs is 1. The summed E-state index contributed by atoms with van der Waals surface area (Å²) >= 11 is 1.70. The molecule has 1 atom stereocenters. The number of aromatic nitrogens is 1. The van der Waals surface area contributed by atoms with Gasteiger partial charge in [-0.25, -0.2) is 4.98 Å². The van der Waals surface area contributed by atoms with Gasteiger partial charge in [-0.2, -0.15) is 0 Å². The Bertz CT molecular complexity index is 1020. The molecule has 0 bridgehead atoms. The van der Waals surface area contributed by atoms with Crippen LogP contribution in [0.2, 0.25) is 0 Å². The van der Waals surface area contributed by atoms with E-state index in [-0.39, 0.29) is 17.9 Å². The highest BCUT2D eigenvalue weighted by Crippen LogP contribution is 2.31. The molecule has 3 aromatic rings. The van der Waals surface area contributed by atoms with Gasteiger partial charge in [0.25, 0.3) is 0 Å². The van der Waals surface area contributed by atoms with E-state index in [1.54, 1.807) is 11.3 Å². The number of pyridine rings is 1. The van der Waals surface area contributed by atoms with E-state index in [9.17, 15) is 4.79 Å². The van der Waals surface area contributed by atoms with Gasteiger partial charge in [0.2, 0.25) is 5.91 Å². The summed E-state index contributed by atoms with van der Waals surface area (Å²) in [6.45, 7) is 8.33. The van der Waals surface area contributed by atoms with Crippen LogP contribution in [-0.2, 0) is 16.1 Å². The largest absolute Gasteiger partial charge is 0.376 e. The fourth-order valence-corrected chi connectivity index (χ4v) is 5.19. The zero-order chi connectivity index (χ0) is 21.8. The Hall–Kier alpha value is -2.24. The molecular weight excluding hydrogens is 404 g/mol. The van der Waals surface area contributed by atoms with Crippen molar-refractivity contribution in [3.05, 3.63) is 52.9 Å². The van der Waals surface area contributed by atoms with E-state index in [0.29, 0.717) is 13.1 Å². The molecule has 0 radical (unpaired) electrons. The number of amides is 1. The Labute approximate surface area is 189 Å². The molecule has 3 heterocycles. The van der Waals surface area contributed by atoms with Crippen molar-refractivity contribution >= 4 is 28.1 Å². The first-order chi connectivity index (χ1) is 15.1. The van der Waals surface area contributed by atoms with Crippen LogP contribution >= 0.6 is 11.3 Å². The van der Waals surface area contributed by atoms with Crippen molar-refractivity contribution in [3.63, 3.8) is 0 Å². The van der Waals surface area contributed by atoms with Crippen LogP contribution in [0.4, 0.5) is 0 Å². The molecule has 0 spiro atoms. The quantitative estimate of drug-likeness (QED) is 0.421. The van der Waals surface area contributed by atoms with Crippen LogP contribution in [0.1, 0.15) is 50.7 Å². The van der Waals surface area contributed by atoms with Crippen LogP contribution < -0.4 is 0 Å². The number of nitrogens with zero attached hydrogens (tertiary/aromatic N) is 2. The van der Waals surface area contributed by atoms with Gasteiger partial charge >= 0.3 is 0 Å². The van der Waals surface area contributed by atoms with E-state index in [1.807, 2.05) is 4.90 Å². The lowest BCUT2D eigenvalue weighted by Gasteiger charge is -2.29. The molecule has 1 unspecified atom stereocenters. The second kappa shape index (κ2) is 9.92. The minimum absolute atomic E-state index is 0.0580. The highest BCUT2D eigenvalue weighted by atomic mass is 32.1. The Morgan fingerprint density at radius 2 is 2.10 bits per heavy atom. The van der Waals surface area contributed by atoms with Gasteiger partial charge in [-0.15, -0.1) is 11.3 Å². The summed E-state index contributed by atoms with van der Waals surface area (Å²) in [6, 6.07) is 12.8. The summed E-state index contributed by atoms with van der Waals surface area (Å²) in [5.41, 5.74) is 4.30. The Morgan fingerprint density at radius 3 is 2.77 bits per heavy atom. The third-order valence-electron chi connectivity index (χ3n) is 6.26. The molecule has 5 heteroatoms. The molecule has 0 saturated carbocycles. The molecular formula is C26H32N2O2S. The summed E-state index contributed by atoms with van der Waals surface area (Å²) in [4.78, 5) is 21.7. The smallest absolute Gasteiger partial charge is 0.226 e. The molecule has 1 saturated heterocycles. The van der Waals surface area contributed by atoms with Crippen LogP contribution in [0, 0.1) is 12.8 Å². The highest BCUT2D eigenvalue weighted by molar-refractivity contribution is 7.13. The molecule has 1 aliphatic heterocycles. The van der Waals surface area contributed by atoms with Gasteiger partial charge < -0.3 is 9.64 Å². The molecule has 4 nitrogen and oxygen atoms in total. The highest BCUT2D eigenvalue weighted by Gasteiger charge is 2.27. The lowest BCUT2D eigenvalue weighted by Crippen LogP contribution is -2.40.